The van der Waals surface area contributed by atoms with Crippen molar-refractivity contribution in [2.45, 2.75) is 49.8 Å². The molecule has 1 aliphatic carbocycles. The number of anilines is 1. The van der Waals surface area contributed by atoms with Crippen LogP contribution < -0.4 is 16.0 Å². The third-order valence-corrected chi connectivity index (χ3v) is 10.2. The fourth-order valence-corrected chi connectivity index (χ4v) is 8.31. The minimum Gasteiger partial charge on any atom is -0.369 e. The van der Waals surface area contributed by atoms with Gasteiger partial charge in [0.05, 0.1) is 37.7 Å². The lowest BCUT2D eigenvalue weighted by Crippen LogP contribution is -2.37. The van der Waals surface area contributed by atoms with Gasteiger partial charge in [-0.15, -0.1) is 0 Å². The van der Waals surface area contributed by atoms with Gasteiger partial charge in [-0.05, 0) is 12.8 Å². The number of thiol groups is 1. The van der Waals surface area contributed by atoms with Crippen LogP contribution in [0.5, 0.6) is 0 Å². The molecule has 0 aromatic carbocycles. The van der Waals surface area contributed by atoms with Crippen LogP contribution in [0.2, 0.25) is 0 Å². The predicted molar refractivity (Wildman–Crippen MR) is 147 cm³/mol. The third kappa shape index (κ3) is 5.21. The summed E-state index contributed by atoms with van der Waals surface area (Å²) in [5.41, 5.74) is 6.41. The Morgan fingerprint density at radius 3 is 2.79 bits per heavy atom. The van der Waals surface area contributed by atoms with Gasteiger partial charge >= 0.3 is 17.1 Å². The number of nitrogens with one attached hydrogen (secondary N) is 2. The number of aromatic amines is 1. The van der Waals surface area contributed by atoms with Crippen molar-refractivity contribution in [3.05, 3.63) is 35.5 Å². The summed E-state index contributed by atoms with van der Waals surface area (Å²) < 4.78 is 68.5. The van der Waals surface area contributed by atoms with Crippen LogP contribution in [-0.2, 0) is 32.8 Å². The quantitative estimate of drug-likeness (QED) is 0.172. The van der Waals surface area contributed by atoms with Crippen LogP contribution in [0.15, 0.2) is 30.0 Å². The summed E-state index contributed by atoms with van der Waals surface area (Å²) >= 11 is 4.20. The molecule has 4 aromatic rings. The lowest BCUT2D eigenvalue weighted by molar-refractivity contribution is -0.0419. The summed E-state index contributed by atoms with van der Waals surface area (Å²) in [6.45, 7) is -4.24. The van der Waals surface area contributed by atoms with E-state index in [2.05, 4.69) is 46.9 Å². The maximum atomic E-state index is 13.3. The standard InChI is InChI=1S/C21H25N10O8PS2/c22-21-28-18-16(19(32)29-21)26-9-31(18)20-15-3-12(37-20)6-36-40(33,41)38-14-2-11(1-10(14)4-27-42(34,35)39-15)30-8-25-13-5-23-7-24-17(13)30/h5,7-12,14-15,20,27H,1-4,6H2,(H,33,41)(H3,22,28,29,32)/t10-,11-,12+,14+,15-,20+,40+/m1/s1. The first-order valence-electron chi connectivity index (χ1n) is 12.9. The van der Waals surface area contributed by atoms with E-state index in [1.807, 2.05) is 4.57 Å². The Labute approximate surface area is 242 Å². The number of rotatable bonds is 2. The Bertz CT molecular complexity index is 1880. The van der Waals surface area contributed by atoms with Crippen LogP contribution in [-0.4, -0.2) is 78.9 Å². The highest BCUT2D eigenvalue weighted by molar-refractivity contribution is 8.44. The Morgan fingerprint density at radius 1 is 1.10 bits per heavy atom. The number of ether oxygens (including phenoxy) is 1. The molecule has 6 heterocycles. The van der Waals surface area contributed by atoms with Crippen LogP contribution in [0.25, 0.3) is 22.3 Å². The Balaban J connectivity index is 1.17. The number of nitrogens with zero attached hydrogens (tertiary/aromatic N) is 7. The molecule has 0 amide bonds. The average Bonchev–Trinajstić information content (AvgIpc) is 3.70. The second kappa shape index (κ2) is 10.3. The fraction of sp³-hybridized carbons (Fsp3) is 0.524. The van der Waals surface area contributed by atoms with E-state index < -0.39 is 53.1 Å². The first-order chi connectivity index (χ1) is 20.1. The molecule has 2 saturated heterocycles. The maximum absolute atomic E-state index is 13.3. The molecule has 42 heavy (non-hydrogen) atoms. The van der Waals surface area contributed by atoms with E-state index in [-0.39, 0.29) is 42.7 Å². The van der Waals surface area contributed by atoms with Gasteiger partial charge in [0.2, 0.25) is 5.95 Å². The molecule has 0 unspecified atom stereocenters. The van der Waals surface area contributed by atoms with Gasteiger partial charge in [0.25, 0.3) is 5.56 Å². The van der Waals surface area contributed by atoms with Gasteiger partial charge < -0.3 is 15.0 Å². The van der Waals surface area contributed by atoms with Crippen molar-refractivity contribution in [2.75, 3.05) is 18.9 Å². The van der Waals surface area contributed by atoms with Crippen molar-refractivity contribution in [2.24, 2.45) is 5.92 Å². The summed E-state index contributed by atoms with van der Waals surface area (Å²) in [6.07, 6.45) is 3.18. The highest BCUT2D eigenvalue weighted by Crippen LogP contribution is 2.57. The van der Waals surface area contributed by atoms with Crippen molar-refractivity contribution in [3.8, 4) is 0 Å². The predicted octanol–water partition coefficient (Wildman–Crippen LogP) is 0.453. The van der Waals surface area contributed by atoms with Crippen molar-refractivity contribution in [3.63, 3.8) is 0 Å². The Morgan fingerprint density at radius 2 is 1.93 bits per heavy atom. The lowest BCUT2D eigenvalue weighted by atomic mass is 10.1. The summed E-state index contributed by atoms with van der Waals surface area (Å²) in [6, 6.07) is -0.187. The molecule has 21 heteroatoms. The van der Waals surface area contributed by atoms with E-state index in [1.54, 1.807) is 12.5 Å². The average molecular weight is 641 g/mol. The van der Waals surface area contributed by atoms with Crippen molar-refractivity contribution < 1.29 is 31.0 Å². The Kier molecular flexibility index (Phi) is 6.85. The molecular formula is C21H25N10O8PS2. The van der Waals surface area contributed by atoms with Crippen molar-refractivity contribution in [1.29, 1.82) is 0 Å². The first kappa shape index (κ1) is 27.8. The molecule has 224 valence electrons. The van der Waals surface area contributed by atoms with Crippen LogP contribution in [0.3, 0.4) is 0 Å². The molecule has 0 spiro atoms. The molecule has 2 aliphatic heterocycles. The monoisotopic (exact) mass is 640 g/mol. The second-order valence-corrected chi connectivity index (χ2v) is 14.5. The minimum absolute atomic E-state index is 0.0196. The van der Waals surface area contributed by atoms with E-state index in [0.717, 1.165) is 0 Å². The van der Waals surface area contributed by atoms with E-state index >= 15 is 0 Å². The van der Waals surface area contributed by atoms with E-state index in [9.17, 15) is 17.8 Å². The zero-order valence-corrected chi connectivity index (χ0v) is 24.2. The summed E-state index contributed by atoms with van der Waals surface area (Å²) in [5.74, 6) is -0.576. The van der Waals surface area contributed by atoms with Gasteiger partial charge in [0, 0.05) is 24.9 Å². The SMILES string of the molecule is Nc1nc2c(ncn2[C@H]2O[C@@H]3CO[P@](=O)(S)O[C@H]4C[C@H](n5cnc6cncnc65)C[C@@H]4CNS(=O)(=O)O[C@@H]2C3)c(=O)[nH]1. The number of fused-ring (bicyclic) bond motifs is 5. The third-order valence-electron chi connectivity index (χ3n) is 7.57. The van der Waals surface area contributed by atoms with Crippen LogP contribution in [0, 0.1) is 5.92 Å². The molecule has 2 bridgehead atoms. The van der Waals surface area contributed by atoms with Crippen molar-refractivity contribution >= 4 is 57.6 Å². The number of H-pyrrole nitrogens is 1. The molecule has 7 rings (SSSR count). The molecular weight excluding hydrogens is 615 g/mol. The van der Waals surface area contributed by atoms with Gasteiger partial charge in [0.1, 0.15) is 17.9 Å². The van der Waals surface area contributed by atoms with Crippen LogP contribution in [0.4, 0.5) is 5.95 Å². The molecule has 3 fully saturated rings. The summed E-state index contributed by atoms with van der Waals surface area (Å²) in [4.78, 5) is 35.5. The largest absolute Gasteiger partial charge is 0.386 e. The second-order valence-electron chi connectivity index (χ2n) is 10.3. The van der Waals surface area contributed by atoms with E-state index in [1.165, 1.54) is 17.2 Å². The van der Waals surface area contributed by atoms with Gasteiger partial charge in [-0.1, -0.05) is 12.2 Å². The minimum atomic E-state index is -4.32. The number of nitrogen functional groups attached to an aromatic ring is 1. The highest BCUT2D eigenvalue weighted by Gasteiger charge is 2.45. The molecule has 18 nitrogen and oxygen atoms in total. The van der Waals surface area contributed by atoms with Gasteiger partial charge in [0.15, 0.2) is 23.0 Å². The normalized spacial score (nSPS) is 33.6. The number of hydrogen-bond donors (Lipinski definition) is 4. The maximum Gasteiger partial charge on any atom is 0.386 e. The summed E-state index contributed by atoms with van der Waals surface area (Å²) in [5, 5.41) is 0. The lowest BCUT2D eigenvalue weighted by Gasteiger charge is -2.25. The zero-order chi connectivity index (χ0) is 29.2. The molecule has 3 aliphatic rings. The van der Waals surface area contributed by atoms with Gasteiger partial charge in [-0.25, -0.2) is 28.7 Å². The number of hydrogen-bond acceptors (Lipinski definition) is 14. The van der Waals surface area contributed by atoms with Crippen LogP contribution >= 0.6 is 19.0 Å². The smallest absolute Gasteiger partial charge is 0.369 e. The topological polar surface area (TPSA) is 233 Å². The molecule has 4 N–H and O–H groups in total. The summed E-state index contributed by atoms with van der Waals surface area (Å²) in [7, 11) is -4.32. The van der Waals surface area contributed by atoms with Gasteiger partial charge in [-0.2, -0.15) is 18.1 Å². The van der Waals surface area contributed by atoms with E-state index in [4.69, 9.17) is 23.7 Å². The highest BCUT2D eigenvalue weighted by atomic mass is 32.7. The molecule has 0 radical (unpaired) electrons. The molecule has 4 aromatic heterocycles. The molecule has 7 atom stereocenters. The zero-order valence-electron chi connectivity index (χ0n) is 21.6. The van der Waals surface area contributed by atoms with Gasteiger partial charge in [-0.3, -0.25) is 23.4 Å². The van der Waals surface area contributed by atoms with Crippen LogP contribution in [0.1, 0.15) is 31.5 Å². The van der Waals surface area contributed by atoms with E-state index in [0.29, 0.717) is 24.0 Å². The number of imidazole rings is 2. The fourth-order valence-electron chi connectivity index (χ4n) is 5.75. The number of aromatic nitrogens is 8. The molecule has 1 saturated carbocycles. The van der Waals surface area contributed by atoms with Crippen molar-refractivity contribution in [1.82, 2.24) is 43.8 Å². The Hall–Kier alpha value is -2.97. The first-order valence-corrected chi connectivity index (χ1v) is 17.0. The number of nitrogens with two attached hydrogens (primary N) is 1.